The van der Waals surface area contributed by atoms with Crippen molar-refractivity contribution in [2.45, 2.75) is 63.2 Å². The Kier molecular flexibility index (Phi) is 6.50. The summed E-state index contributed by atoms with van der Waals surface area (Å²) in [6.07, 6.45) is 6.51. The van der Waals surface area contributed by atoms with E-state index in [0.717, 1.165) is 36.8 Å². The summed E-state index contributed by atoms with van der Waals surface area (Å²) in [6.45, 7) is 3.04. The number of benzene rings is 1. The van der Waals surface area contributed by atoms with Crippen LogP contribution < -0.4 is 5.32 Å². The van der Waals surface area contributed by atoms with Crippen LogP contribution in [0.1, 0.15) is 44.0 Å². The first kappa shape index (κ1) is 18.0. The molecule has 0 fully saturated rings. The van der Waals surface area contributed by atoms with E-state index in [1.54, 1.807) is 0 Å². The Hall–Kier alpha value is -1.82. The Morgan fingerprint density at radius 1 is 1.24 bits per heavy atom. The number of carbonyl (C=O) groups excluding carboxylic acids is 1. The second-order valence-electron chi connectivity index (χ2n) is 6.64. The fraction of sp³-hybridized carbons (Fsp3) is 0.526. The molecule has 0 spiro atoms. The van der Waals surface area contributed by atoms with Gasteiger partial charge in [0.05, 0.1) is 5.75 Å². The Balaban J connectivity index is 1.43. The van der Waals surface area contributed by atoms with Crippen LogP contribution >= 0.6 is 11.8 Å². The molecular weight excluding hydrogens is 332 g/mol. The third-order valence-electron chi connectivity index (χ3n) is 4.52. The summed E-state index contributed by atoms with van der Waals surface area (Å²) in [7, 11) is 0. The minimum absolute atomic E-state index is 0.0662. The molecule has 25 heavy (non-hydrogen) atoms. The maximum Gasteiger partial charge on any atom is 0.230 e. The van der Waals surface area contributed by atoms with Gasteiger partial charge < -0.3 is 9.88 Å². The Bertz CT molecular complexity index is 686. The average molecular weight is 359 g/mol. The smallest absolute Gasteiger partial charge is 0.230 e. The fourth-order valence-electron chi connectivity index (χ4n) is 3.11. The number of carbonyl (C=O) groups is 1. The van der Waals surface area contributed by atoms with E-state index in [2.05, 4.69) is 51.3 Å². The van der Waals surface area contributed by atoms with E-state index >= 15 is 0 Å². The molecule has 1 aliphatic heterocycles. The van der Waals surface area contributed by atoms with Crippen LogP contribution in [0.3, 0.4) is 0 Å². The van der Waals surface area contributed by atoms with Crippen LogP contribution in [-0.2, 0) is 24.2 Å². The molecular formula is C19H26N4OS. The number of rotatable bonds is 7. The number of amides is 1. The summed E-state index contributed by atoms with van der Waals surface area (Å²) >= 11 is 1.49. The zero-order chi connectivity index (χ0) is 17.5. The zero-order valence-corrected chi connectivity index (χ0v) is 15.6. The van der Waals surface area contributed by atoms with Gasteiger partial charge in [-0.05, 0) is 38.2 Å². The van der Waals surface area contributed by atoms with Gasteiger partial charge in [-0.15, -0.1) is 10.2 Å². The molecule has 0 saturated heterocycles. The van der Waals surface area contributed by atoms with Crippen molar-refractivity contribution in [2.75, 3.05) is 5.75 Å². The quantitative estimate of drug-likeness (QED) is 0.772. The minimum atomic E-state index is 0.0662. The van der Waals surface area contributed by atoms with Crippen LogP contribution in [0.2, 0.25) is 0 Å². The zero-order valence-electron chi connectivity index (χ0n) is 14.8. The third kappa shape index (κ3) is 5.33. The summed E-state index contributed by atoms with van der Waals surface area (Å²) in [6, 6.07) is 10.6. The molecule has 1 N–H and O–H groups in total. The van der Waals surface area contributed by atoms with Gasteiger partial charge in [-0.2, -0.15) is 0 Å². The lowest BCUT2D eigenvalue weighted by atomic mass is 10.1. The standard InChI is InChI=1S/C19H26N4OS/c1-15(11-12-16-8-4-2-5-9-16)20-18(24)14-25-19-22-21-17-10-6-3-7-13-23(17)19/h2,4-5,8-9,15H,3,6-7,10-14H2,1H3,(H,20,24)/t15-/m0/s1. The first-order valence-electron chi connectivity index (χ1n) is 9.10. The molecule has 2 aromatic rings. The van der Waals surface area contributed by atoms with Crippen molar-refractivity contribution < 1.29 is 4.79 Å². The van der Waals surface area contributed by atoms with Crippen LogP contribution in [0.5, 0.6) is 0 Å². The molecule has 1 aliphatic rings. The Morgan fingerprint density at radius 2 is 2.08 bits per heavy atom. The van der Waals surface area contributed by atoms with E-state index in [0.29, 0.717) is 5.75 Å². The van der Waals surface area contributed by atoms with Crippen molar-refractivity contribution in [3.05, 3.63) is 41.7 Å². The van der Waals surface area contributed by atoms with Crippen molar-refractivity contribution >= 4 is 17.7 Å². The minimum Gasteiger partial charge on any atom is -0.353 e. The summed E-state index contributed by atoms with van der Waals surface area (Å²) in [5.41, 5.74) is 1.31. The van der Waals surface area contributed by atoms with Crippen molar-refractivity contribution in [3.63, 3.8) is 0 Å². The van der Waals surface area contributed by atoms with E-state index in [-0.39, 0.29) is 11.9 Å². The van der Waals surface area contributed by atoms with Gasteiger partial charge in [-0.1, -0.05) is 48.5 Å². The van der Waals surface area contributed by atoms with Crippen molar-refractivity contribution in [3.8, 4) is 0 Å². The molecule has 1 amide bonds. The highest BCUT2D eigenvalue weighted by Crippen LogP contribution is 2.21. The highest BCUT2D eigenvalue weighted by atomic mass is 32.2. The molecule has 134 valence electrons. The van der Waals surface area contributed by atoms with Gasteiger partial charge in [0, 0.05) is 19.0 Å². The monoisotopic (exact) mass is 358 g/mol. The predicted molar refractivity (Wildman–Crippen MR) is 101 cm³/mol. The molecule has 6 heteroatoms. The van der Waals surface area contributed by atoms with E-state index in [1.165, 1.54) is 36.6 Å². The largest absolute Gasteiger partial charge is 0.353 e. The number of hydrogen-bond acceptors (Lipinski definition) is 4. The molecule has 0 aliphatic carbocycles. The van der Waals surface area contributed by atoms with Crippen LogP contribution in [0.4, 0.5) is 0 Å². The third-order valence-corrected chi connectivity index (χ3v) is 5.49. The molecule has 0 radical (unpaired) electrons. The van der Waals surface area contributed by atoms with Crippen LogP contribution in [0, 0.1) is 0 Å². The molecule has 0 saturated carbocycles. The average Bonchev–Trinajstić information content (AvgIpc) is 2.85. The first-order chi connectivity index (χ1) is 12.2. The number of nitrogens with zero attached hydrogens (tertiary/aromatic N) is 3. The number of hydrogen-bond donors (Lipinski definition) is 1. The van der Waals surface area contributed by atoms with Gasteiger partial charge in [-0.25, -0.2) is 0 Å². The molecule has 1 aromatic heterocycles. The molecule has 5 nitrogen and oxygen atoms in total. The lowest BCUT2D eigenvalue weighted by Crippen LogP contribution is -2.34. The van der Waals surface area contributed by atoms with E-state index in [4.69, 9.17) is 0 Å². The number of aryl methyl sites for hydroxylation is 2. The van der Waals surface area contributed by atoms with Crippen LogP contribution in [0.15, 0.2) is 35.5 Å². The van der Waals surface area contributed by atoms with Gasteiger partial charge >= 0.3 is 0 Å². The lowest BCUT2D eigenvalue weighted by molar-refractivity contribution is -0.119. The normalized spacial score (nSPS) is 15.2. The van der Waals surface area contributed by atoms with Crippen molar-refractivity contribution in [2.24, 2.45) is 0 Å². The molecule has 1 aromatic carbocycles. The molecule has 0 unspecified atom stereocenters. The van der Waals surface area contributed by atoms with Crippen molar-refractivity contribution in [1.82, 2.24) is 20.1 Å². The highest BCUT2D eigenvalue weighted by molar-refractivity contribution is 7.99. The second kappa shape index (κ2) is 9.04. The van der Waals surface area contributed by atoms with E-state index < -0.39 is 0 Å². The van der Waals surface area contributed by atoms with Gasteiger partial charge in [-0.3, -0.25) is 4.79 Å². The lowest BCUT2D eigenvalue weighted by Gasteiger charge is -2.14. The summed E-state index contributed by atoms with van der Waals surface area (Å²) in [4.78, 5) is 12.2. The molecule has 2 heterocycles. The first-order valence-corrected chi connectivity index (χ1v) is 10.1. The number of thioether (sulfide) groups is 1. The maximum absolute atomic E-state index is 12.2. The highest BCUT2D eigenvalue weighted by Gasteiger charge is 2.16. The van der Waals surface area contributed by atoms with Crippen LogP contribution in [-0.4, -0.2) is 32.5 Å². The van der Waals surface area contributed by atoms with Gasteiger partial charge in [0.2, 0.25) is 5.91 Å². The number of fused-ring (bicyclic) bond motifs is 1. The maximum atomic E-state index is 12.2. The predicted octanol–water partition coefficient (Wildman–Crippen LogP) is 3.23. The Morgan fingerprint density at radius 3 is 2.92 bits per heavy atom. The molecule has 0 bridgehead atoms. The van der Waals surface area contributed by atoms with E-state index in [9.17, 15) is 4.79 Å². The molecule has 1 atom stereocenters. The van der Waals surface area contributed by atoms with Gasteiger partial charge in [0.1, 0.15) is 5.82 Å². The Labute approximate surface area is 153 Å². The topological polar surface area (TPSA) is 59.8 Å². The van der Waals surface area contributed by atoms with E-state index in [1.807, 2.05) is 6.07 Å². The second-order valence-corrected chi connectivity index (χ2v) is 7.59. The number of aromatic nitrogens is 3. The number of nitrogens with one attached hydrogen (secondary N) is 1. The summed E-state index contributed by atoms with van der Waals surface area (Å²) in [5.74, 6) is 1.53. The summed E-state index contributed by atoms with van der Waals surface area (Å²) < 4.78 is 2.18. The van der Waals surface area contributed by atoms with Crippen molar-refractivity contribution in [1.29, 1.82) is 0 Å². The fourth-order valence-corrected chi connectivity index (χ4v) is 3.91. The summed E-state index contributed by atoms with van der Waals surface area (Å²) in [5, 5.41) is 12.5. The SMILES string of the molecule is C[C@@H](CCc1ccccc1)NC(=O)CSc1nnc2n1CCCCC2. The van der Waals surface area contributed by atoms with Gasteiger partial charge in [0.25, 0.3) is 0 Å². The molecule has 3 rings (SSSR count). The van der Waals surface area contributed by atoms with Crippen LogP contribution in [0.25, 0.3) is 0 Å². The van der Waals surface area contributed by atoms with Gasteiger partial charge in [0.15, 0.2) is 5.16 Å².